The molecule has 0 saturated heterocycles. The summed E-state index contributed by atoms with van der Waals surface area (Å²) in [5.74, 6) is 0.665. The van der Waals surface area contributed by atoms with E-state index in [1.807, 2.05) is 14.0 Å². The van der Waals surface area contributed by atoms with E-state index < -0.39 is 5.82 Å². The zero-order valence-electron chi connectivity index (χ0n) is 15.4. The maximum atomic E-state index is 13.2. The van der Waals surface area contributed by atoms with Crippen molar-refractivity contribution in [1.82, 2.24) is 15.3 Å². The molecule has 0 bridgehead atoms. The van der Waals surface area contributed by atoms with Gasteiger partial charge in [-0.1, -0.05) is 11.6 Å². The van der Waals surface area contributed by atoms with Crippen LogP contribution in [0.5, 0.6) is 0 Å². The van der Waals surface area contributed by atoms with E-state index in [1.165, 1.54) is 18.2 Å². The zero-order valence-corrected chi connectivity index (χ0v) is 16.1. The molecule has 0 atom stereocenters. The molecule has 1 aromatic heterocycles. The average molecular weight is 392 g/mol. The lowest BCUT2D eigenvalue weighted by molar-refractivity contribution is 0.0926. The third kappa shape index (κ3) is 4.86. The van der Waals surface area contributed by atoms with Crippen molar-refractivity contribution in [3.8, 4) is 0 Å². The minimum atomic E-state index is -0.528. The number of hydrogen-bond donors (Lipinski definition) is 3. The van der Waals surface area contributed by atoms with E-state index in [9.17, 15) is 9.18 Å². The Morgan fingerprint density at radius 1 is 1.22 bits per heavy atom. The summed E-state index contributed by atoms with van der Waals surface area (Å²) >= 11 is 5.75. The average Bonchev–Trinajstić information content (AvgIpc) is 2.67. The van der Waals surface area contributed by atoms with Crippen LogP contribution in [0.1, 0.15) is 41.6 Å². The number of nitrogens with zero attached hydrogens (tertiary/aromatic N) is 2. The fourth-order valence-corrected chi connectivity index (χ4v) is 3.42. The van der Waals surface area contributed by atoms with Crippen molar-refractivity contribution >= 4 is 29.3 Å². The molecule has 1 aromatic carbocycles. The number of benzene rings is 1. The Labute approximate surface area is 162 Å². The van der Waals surface area contributed by atoms with Gasteiger partial charge in [-0.25, -0.2) is 9.37 Å². The summed E-state index contributed by atoms with van der Waals surface area (Å²) in [5.41, 5.74) is 1.37. The first-order chi connectivity index (χ1) is 13.0. The second kappa shape index (κ2) is 8.52. The smallest absolute Gasteiger partial charge is 0.251 e. The predicted octanol–water partition coefficient (Wildman–Crippen LogP) is 3.77. The molecular weight excluding hydrogens is 369 g/mol. The van der Waals surface area contributed by atoms with Crippen molar-refractivity contribution in [2.24, 2.45) is 0 Å². The fourth-order valence-electron chi connectivity index (χ4n) is 3.24. The first-order valence-electron chi connectivity index (χ1n) is 9.00. The van der Waals surface area contributed by atoms with Gasteiger partial charge in [0.05, 0.1) is 5.02 Å². The van der Waals surface area contributed by atoms with Crippen LogP contribution in [0.25, 0.3) is 0 Å². The monoisotopic (exact) mass is 391 g/mol. The molecule has 1 saturated carbocycles. The molecule has 1 aliphatic rings. The van der Waals surface area contributed by atoms with Gasteiger partial charge in [-0.05, 0) is 50.8 Å². The number of halogens is 2. The highest BCUT2D eigenvalue weighted by Crippen LogP contribution is 2.23. The van der Waals surface area contributed by atoms with Gasteiger partial charge in [-0.15, -0.1) is 0 Å². The fraction of sp³-hybridized carbons (Fsp3) is 0.421. The van der Waals surface area contributed by atoms with Crippen molar-refractivity contribution in [3.63, 3.8) is 0 Å². The number of carbonyl (C=O) groups excluding carboxylic acids is 1. The summed E-state index contributed by atoms with van der Waals surface area (Å²) in [6, 6.07) is 4.36. The predicted molar refractivity (Wildman–Crippen MR) is 105 cm³/mol. The molecule has 2 aromatic rings. The first-order valence-corrected chi connectivity index (χ1v) is 9.38. The molecule has 1 amide bonds. The summed E-state index contributed by atoms with van der Waals surface area (Å²) in [6.07, 6.45) is 5.30. The molecule has 144 valence electrons. The minimum Gasteiger partial charge on any atom is -0.373 e. The Hall–Kier alpha value is -2.41. The van der Waals surface area contributed by atoms with Crippen LogP contribution in [0.4, 0.5) is 16.2 Å². The molecule has 0 radical (unpaired) electrons. The second-order valence-corrected chi connectivity index (χ2v) is 7.18. The number of amides is 1. The van der Waals surface area contributed by atoms with Crippen molar-refractivity contribution in [3.05, 3.63) is 46.4 Å². The van der Waals surface area contributed by atoms with Crippen molar-refractivity contribution in [2.45, 2.75) is 44.7 Å². The molecule has 3 N–H and O–H groups in total. The molecule has 0 unspecified atom stereocenters. The van der Waals surface area contributed by atoms with Crippen LogP contribution in [-0.4, -0.2) is 35.0 Å². The van der Waals surface area contributed by atoms with E-state index >= 15 is 0 Å². The summed E-state index contributed by atoms with van der Waals surface area (Å²) in [7, 11) is 1.83. The number of nitrogens with one attached hydrogen (secondary N) is 3. The van der Waals surface area contributed by atoms with E-state index in [2.05, 4.69) is 25.9 Å². The Bertz CT molecular complexity index is 824. The van der Waals surface area contributed by atoms with Gasteiger partial charge in [0, 0.05) is 36.5 Å². The minimum absolute atomic E-state index is 0.0467. The topological polar surface area (TPSA) is 78.9 Å². The highest BCUT2D eigenvalue weighted by molar-refractivity contribution is 6.31. The molecule has 0 spiro atoms. The van der Waals surface area contributed by atoms with Gasteiger partial charge >= 0.3 is 0 Å². The van der Waals surface area contributed by atoms with Crippen LogP contribution in [0.15, 0.2) is 24.4 Å². The van der Waals surface area contributed by atoms with Crippen LogP contribution in [0.2, 0.25) is 5.02 Å². The molecule has 1 fully saturated rings. The highest BCUT2D eigenvalue weighted by Gasteiger charge is 2.23. The third-order valence-corrected chi connectivity index (χ3v) is 5.08. The number of aryl methyl sites for hydroxylation is 1. The normalized spacial score (nSPS) is 19.4. The van der Waals surface area contributed by atoms with Crippen LogP contribution in [-0.2, 0) is 0 Å². The van der Waals surface area contributed by atoms with E-state index in [0.29, 0.717) is 11.5 Å². The number of aromatic nitrogens is 2. The van der Waals surface area contributed by atoms with Crippen molar-refractivity contribution in [1.29, 1.82) is 0 Å². The van der Waals surface area contributed by atoms with Gasteiger partial charge in [0.25, 0.3) is 5.91 Å². The maximum absolute atomic E-state index is 13.2. The van der Waals surface area contributed by atoms with Gasteiger partial charge in [-0.3, -0.25) is 4.79 Å². The number of anilines is 2. The standard InChI is InChI=1S/C19H23ClFN5O/c1-11-10-23-19(26-17(11)22-2)25-14-6-4-13(5-7-14)24-18(27)12-3-8-16(21)15(20)9-12/h3,8-10,13-14H,4-7H2,1-2H3,(H,24,27)(H2,22,23,25,26)/t13-,14+. The van der Waals surface area contributed by atoms with Gasteiger partial charge in [-0.2, -0.15) is 4.98 Å². The number of rotatable bonds is 5. The Kier molecular flexibility index (Phi) is 6.11. The third-order valence-electron chi connectivity index (χ3n) is 4.79. The highest BCUT2D eigenvalue weighted by atomic mass is 35.5. The largest absolute Gasteiger partial charge is 0.373 e. The molecule has 6 nitrogen and oxygen atoms in total. The lowest BCUT2D eigenvalue weighted by atomic mass is 9.91. The summed E-state index contributed by atoms with van der Waals surface area (Å²) in [6.45, 7) is 1.96. The van der Waals surface area contributed by atoms with Crippen LogP contribution in [0.3, 0.4) is 0 Å². The molecule has 27 heavy (non-hydrogen) atoms. The summed E-state index contributed by atoms with van der Waals surface area (Å²) in [4.78, 5) is 21.1. The first kappa shape index (κ1) is 19.4. The number of carbonyl (C=O) groups is 1. The van der Waals surface area contributed by atoms with Gasteiger partial charge in [0.15, 0.2) is 0 Å². The van der Waals surface area contributed by atoms with Gasteiger partial charge in [0.2, 0.25) is 5.95 Å². The second-order valence-electron chi connectivity index (χ2n) is 6.77. The van der Waals surface area contributed by atoms with Crippen LogP contribution < -0.4 is 16.0 Å². The molecule has 3 rings (SSSR count). The lowest BCUT2D eigenvalue weighted by Crippen LogP contribution is -2.40. The number of hydrogen-bond acceptors (Lipinski definition) is 5. The molecule has 1 aliphatic carbocycles. The lowest BCUT2D eigenvalue weighted by Gasteiger charge is -2.29. The van der Waals surface area contributed by atoms with E-state index in [4.69, 9.17) is 11.6 Å². The van der Waals surface area contributed by atoms with Gasteiger partial charge < -0.3 is 16.0 Å². The SMILES string of the molecule is CNc1nc(N[C@H]2CC[C@@H](NC(=O)c3ccc(F)c(Cl)c3)CC2)ncc1C. The quantitative estimate of drug-likeness (QED) is 0.723. The maximum Gasteiger partial charge on any atom is 0.251 e. The molecule has 0 aliphatic heterocycles. The van der Waals surface area contributed by atoms with Crippen molar-refractivity contribution in [2.75, 3.05) is 17.7 Å². The van der Waals surface area contributed by atoms with E-state index in [0.717, 1.165) is 37.1 Å². The van der Waals surface area contributed by atoms with E-state index in [-0.39, 0.29) is 23.0 Å². The summed E-state index contributed by atoms with van der Waals surface area (Å²) in [5, 5.41) is 9.38. The molecule has 1 heterocycles. The Morgan fingerprint density at radius 2 is 1.93 bits per heavy atom. The molecular formula is C19H23ClFN5O. The summed E-state index contributed by atoms with van der Waals surface area (Å²) < 4.78 is 13.2. The Balaban J connectivity index is 1.51. The van der Waals surface area contributed by atoms with Crippen LogP contribution in [0, 0.1) is 12.7 Å². The Morgan fingerprint density at radius 3 is 2.59 bits per heavy atom. The molecule has 8 heteroatoms. The van der Waals surface area contributed by atoms with Crippen LogP contribution >= 0.6 is 11.6 Å². The van der Waals surface area contributed by atoms with E-state index in [1.54, 1.807) is 6.20 Å². The zero-order chi connectivity index (χ0) is 19.4. The van der Waals surface area contributed by atoms with Crippen molar-refractivity contribution < 1.29 is 9.18 Å². The van der Waals surface area contributed by atoms with Gasteiger partial charge in [0.1, 0.15) is 11.6 Å².